The van der Waals surface area contributed by atoms with Gasteiger partial charge in [0.1, 0.15) is 11.9 Å². The van der Waals surface area contributed by atoms with Crippen LogP contribution in [0.1, 0.15) is 43.7 Å². The number of carbonyl (C=O) groups excluding carboxylic acids is 3. The first-order valence-electron chi connectivity index (χ1n) is 17.0. The molecule has 2 saturated heterocycles. The average molecular weight is 720 g/mol. The van der Waals surface area contributed by atoms with Crippen molar-refractivity contribution in [3.8, 4) is 0 Å². The van der Waals surface area contributed by atoms with Crippen molar-refractivity contribution in [2.45, 2.75) is 61.5 Å². The number of carbonyl (C=O) groups is 4. The van der Waals surface area contributed by atoms with E-state index in [2.05, 4.69) is 32.9 Å². The molecule has 2 aliphatic heterocycles. The highest BCUT2D eigenvalue weighted by Crippen LogP contribution is 2.35. The maximum Gasteiger partial charge on any atom is 0.332 e. The molecular formula is C36H45N7O7S. The summed E-state index contributed by atoms with van der Waals surface area (Å²) in [6.07, 6.45) is 2.80. The molecular weight excluding hydrogens is 675 g/mol. The lowest BCUT2D eigenvalue weighted by atomic mass is 9.68. The Bertz CT molecular complexity index is 1920. The van der Waals surface area contributed by atoms with Crippen molar-refractivity contribution in [2.75, 3.05) is 26.2 Å². The molecule has 15 heteroatoms. The summed E-state index contributed by atoms with van der Waals surface area (Å²) in [5.41, 5.74) is 4.64. The monoisotopic (exact) mass is 719 g/mol. The number of hydrogen-bond donors (Lipinski definition) is 8. The highest BCUT2D eigenvalue weighted by Gasteiger charge is 2.55. The van der Waals surface area contributed by atoms with E-state index in [4.69, 9.17) is 11.1 Å². The molecule has 2 aliphatic rings. The second-order valence-corrected chi connectivity index (χ2v) is 15.1. The Balaban J connectivity index is 1.27. The van der Waals surface area contributed by atoms with E-state index in [0.29, 0.717) is 41.8 Å². The molecule has 4 unspecified atom stereocenters. The number of carboxylic acids is 1. The number of hydrogen-bond acceptors (Lipinski definition) is 9. The third-order valence-corrected chi connectivity index (χ3v) is 11.3. The number of Topliss-reactive ketones (excluding diaryl/α,β-unsaturated/α-hetero) is 1. The zero-order valence-corrected chi connectivity index (χ0v) is 29.2. The summed E-state index contributed by atoms with van der Waals surface area (Å²) in [5.74, 6) is -3.91. The number of sulfonamides is 1. The number of nitrogen functional groups attached to an aromatic ring is 1. The predicted molar refractivity (Wildman–Crippen MR) is 192 cm³/mol. The van der Waals surface area contributed by atoms with Crippen LogP contribution in [0.15, 0.2) is 71.6 Å². The number of nitrogens with two attached hydrogens (primary N) is 1. The minimum Gasteiger partial charge on any atom is -0.480 e. The van der Waals surface area contributed by atoms with Gasteiger partial charge in [-0.15, -0.1) is 0 Å². The summed E-state index contributed by atoms with van der Waals surface area (Å²) in [6.45, 7) is 1.98. The number of rotatable bonds is 14. The van der Waals surface area contributed by atoms with Gasteiger partial charge in [0.05, 0.1) is 18.0 Å². The van der Waals surface area contributed by atoms with Crippen LogP contribution >= 0.6 is 0 Å². The van der Waals surface area contributed by atoms with E-state index in [0.717, 1.165) is 24.8 Å². The first kappa shape index (κ1) is 37.6. The minimum absolute atomic E-state index is 0.0624. The van der Waals surface area contributed by atoms with Crippen LogP contribution in [0.25, 0.3) is 10.8 Å². The number of nitrogens with one attached hydrogen (secondary N) is 6. The second-order valence-electron chi connectivity index (χ2n) is 13.4. The van der Waals surface area contributed by atoms with Crippen LogP contribution in [0.3, 0.4) is 0 Å². The fourth-order valence-corrected chi connectivity index (χ4v) is 8.35. The molecule has 0 spiro atoms. The van der Waals surface area contributed by atoms with Crippen molar-refractivity contribution in [2.24, 2.45) is 17.6 Å². The molecule has 0 aromatic heterocycles. The molecule has 5 atom stereocenters. The van der Waals surface area contributed by atoms with Gasteiger partial charge in [0.25, 0.3) is 0 Å². The van der Waals surface area contributed by atoms with Crippen LogP contribution in [0.2, 0.25) is 0 Å². The Labute approximate surface area is 296 Å². The standard InChI is InChI=1S/C36H45N7O7S/c1-22-13-15-39-29(16-22)28-10-5-14-42-36(28,35(47)48)31(44)20-40-32(45)21-41-34(46)30(18-23-6-4-9-26(17-23)33(37)38)43-51(49,50)27-12-11-24-7-2-3-8-25(24)19-27/h2-4,6-9,11-12,17,19,22,28-30,39,42-43H,5,10,13-16,18,20-21H2,1H3,(H3,37,38)(H,40,45)(H,41,46)(H,47,48)/t22?,28?,29?,30-,36?/m0/s1. The van der Waals surface area contributed by atoms with E-state index in [-0.39, 0.29) is 23.2 Å². The summed E-state index contributed by atoms with van der Waals surface area (Å²) in [4.78, 5) is 52.7. The summed E-state index contributed by atoms with van der Waals surface area (Å²) >= 11 is 0. The zero-order chi connectivity index (χ0) is 36.8. The lowest BCUT2D eigenvalue weighted by Gasteiger charge is -2.46. The van der Waals surface area contributed by atoms with Crippen molar-refractivity contribution >= 4 is 50.2 Å². The molecule has 0 bridgehead atoms. The largest absolute Gasteiger partial charge is 0.480 e. The molecule has 14 nitrogen and oxygen atoms in total. The topological polar surface area (TPSA) is 233 Å². The highest BCUT2D eigenvalue weighted by molar-refractivity contribution is 7.89. The van der Waals surface area contributed by atoms with E-state index in [1.54, 1.807) is 42.5 Å². The molecule has 2 fully saturated rings. The van der Waals surface area contributed by atoms with Gasteiger partial charge in [-0.3, -0.25) is 25.1 Å². The average Bonchev–Trinajstić information content (AvgIpc) is 3.12. The predicted octanol–water partition coefficient (Wildman–Crippen LogP) is 1.03. The number of amidine groups is 1. The van der Waals surface area contributed by atoms with E-state index < -0.39 is 64.2 Å². The molecule has 2 amide bonds. The van der Waals surface area contributed by atoms with Crippen LogP contribution in [-0.4, -0.2) is 86.7 Å². The number of amides is 2. The number of carboxylic acid groups (broad SMARTS) is 1. The van der Waals surface area contributed by atoms with Gasteiger partial charge < -0.3 is 26.8 Å². The van der Waals surface area contributed by atoms with Crippen molar-refractivity contribution in [3.63, 3.8) is 0 Å². The number of piperidine rings is 2. The summed E-state index contributed by atoms with van der Waals surface area (Å²) < 4.78 is 29.5. The molecule has 2 heterocycles. The van der Waals surface area contributed by atoms with Crippen LogP contribution in [0, 0.1) is 17.2 Å². The Hall–Kier alpha value is -4.70. The molecule has 51 heavy (non-hydrogen) atoms. The van der Waals surface area contributed by atoms with E-state index >= 15 is 0 Å². The Morgan fingerprint density at radius 2 is 1.75 bits per heavy atom. The van der Waals surface area contributed by atoms with E-state index in [1.807, 2.05) is 12.1 Å². The molecule has 5 rings (SSSR count). The Kier molecular flexibility index (Phi) is 11.9. The summed E-state index contributed by atoms with van der Waals surface area (Å²) in [7, 11) is -4.24. The van der Waals surface area contributed by atoms with Crippen molar-refractivity contribution in [3.05, 3.63) is 77.9 Å². The van der Waals surface area contributed by atoms with Crippen molar-refractivity contribution in [1.82, 2.24) is 26.0 Å². The summed E-state index contributed by atoms with van der Waals surface area (Å²) in [6, 6.07) is 16.7. The molecule has 0 radical (unpaired) electrons. The van der Waals surface area contributed by atoms with Gasteiger partial charge in [-0.2, -0.15) is 4.72 Å². The third kappa shape index (κ3) is 8.79. The maximum absolute atomic E-state index is 13.6. The van der Waals surface area contributed by atoms with Gasteiger partial charge in [-0.25, -0.2) is 13.2 Å². The smallest absolute Gasteiger partial charge is 0.332 e. The van der Waals surface area contributed by atoms with Gasteiger partial charge >= 0.3 is 5.97 Å². The molecule has 272 valence electrons. The van der Waals surface area contributed by atoms with Crippen LogP contribution in [0.4, 0.5) is 0 Å². The SMILES string of the molecule is CC1CCNC(C2CCCNC2(C(=O)O)C(=O)CNC(=O)CNC(=O)[C@H](Cc2cccc(C(=N)N)c2)NS(=O)(=O)c2ccc3ccccc3c2)C1. The molecule has 3 aromatic rings. The van der Waals surface area contributed by atoms with Crippen LogP contribution in [-0.2, 0) is 35.6 Å². The minimum atomic E-state index is -4.24. The number of fused-ring (bicyclic) bond motifs is 1. The molecule has 9 N–H and O–H groups in total. The first-order valence-corrected chi connectivity index (χ1v) is 18.5. The van der Waals surface area contributed by atoms with Gasteiger partial charge in [0, 0.05) is 17.5 Å². The van der Waals surface area contributed by atoms with Crippen molar-refractivity contribution < 1.29 is 32.7 Å². The van der Waals surface area contributed by atoms with Gasteiger partial charge in [-0.05, 0) is 85.6 Å². The van der Waals surface area contributed by atoms with E-state index in [9.17, 15) is 32.7 Å². The van der Waals surface area contributed by atoms with Gasteiger partial charge in [0.2, 0.25) is 21.8 Å². The zero-order valence-electron chi connectivity index (χ0n) is 28.4. The fraction of sp³-hybridized carbons (Fsp3) is 0.417. The molecule has 0 saturated carbocycles. The third-order valence-electron chi connectivity index (χ3n) is 9.81. The van der Waals surface area contributed by atoms with Crippen molar-refractivity contribution in [1.29, 1.82) is 5.41 Å². The second kappa shape index (κ2) is 16.1. The van der Waals surface area contributed by atoms with Crippen LogP contribution < -0.4 is 31.7 Å². The Morgan fingerprint density at radius 1 is 0.980 bits per heavy atom. The number of benzene rings is 3. The van der Waals surface area contributed by atoms with E-state index in [1.165, 1.54) is 12.1 Å². The van der Waals surface area contributed by atoms with Crippen LogP contribution in [0.5, 0.6) is 0 Å². The fourth-order valence-electron chi connectivity index (χ4n) is 7.12. The summed E-state index contributed by atoms with van der Waals surface area (Å²) in [5, 5.41) is 30.9. The van der Waals surface area contributed by atoms with Gasteiger partial charge in [-0.1, -0.05) is 55.5 Å². The first-order chi connectivity index (χ1) is 24.3. The highest BCUT2D eigenvalue weighted by atomic mass is 32.2. The normalized spacial score (nSPS) is 22.8. The Morgan fingerprint density at radius 3 is 2.47 bits per heavy atom. The number of ketones is 1. The maximum atomic E-state index is 13.6. The van der Waals surface area contributed by atoms with Gasteiger partial charge in [0.15, 0.2) is 11.3 Å². The quantitative estimate of drug-likeness (QED) is 0.0670. The lowest BCUT2D eigenvalue weighted by molar-refractivity contribution is -0.156. The lowest BCUT2D eigenvalue weighted by Crippen LogP contribution is -2.71. The number of aliphatic carboxylic acids is 1. The molecule has 0 aliphatic carbocycles. The molecule has 3 aromatic carbocycles.